The van der Waals surface area contributed by atoms with E-state index in [1.165, 1.54) is 13.0 Å². The van der Waals surface area contributed by atoms with Gasteiger partial charge < -0.3 is 15.5 Å². The van der Waals surface area contributed by atoms with E-state index in [9.17, 15) is 14.0 Å². The summed E-state index contributed by atoms with van der Waals surface area (Å²) < 4.78 is 19.0. The molecule has 2 rings (SSSR count). The minimum Gasteiger partial charge on any atom is -0.466 e. The van der Waals surface area contributed by atoms with E-state index in [-0.39, 0.29) is 16.8 Å². The van der Waals surface area contributed by atoms with E-state index in [1.54, 1.807) is 19.9 Å². The van der Waals surface area contributed by atoms with Gasteiger partial charge in [0.2, 0.25) is 5.91 Å². The number of furan rings is 1. The highest BCUT2D eigenvalue weighted by Crippen LogP contribution is 2.22. The van der Waals surface area contributed by atoms with Gasteiger partial charge in [-0.3, -0.25) is 9.59 Å². The van der Waals surface area contributed by atoms with Crippen molar-refractivity contribution in [2.75, 3.05) is 5.32 Å². The van der Waals surface area contributed by atoms with E-state index >= 15 is 0 Å². The molecule has 0 atom stereocenters. The smallest absolute Gasteiger partial charge is 0.259 e. The van der Waals surface area contributed by atoms with Crippen LogP contribution in [0.2, 0.25) is 0 Å². The number of benzene rings is 1. The number of aryl methyl sites for hydroxylation is 2. The standard InChI is InChI=1S/C15H15FN2O3/c1-7-4-11(9(3)21-7)15(20)18-13-6-10(14(17)19)5-12(16)8(13)2/h4-6H,1-3H3,(H2,17,19)(H,18,20). The van der Waals surface area contributed by atoms with Gasteiger partial charge in [0, 0.05) is 16.8 Å². The minimum absolute atomic E-state index is 0.00602. The Kier molecular flexibility index (Phi) is 3.80. The van der Waals surface area contributed by atoms with E-state index in [1.807, 2.05) is 0 Å². The molecule has 0 bridgehead atoms. The van der Waals surface area contributed by atoms with Crippen molar-refractivity contribution in [2.45, 2.75) is 20.8 Å². The van der Waals surface area contributed by atoms with Crippen LogP contribution in [-0.2, 0) is 0 Å². The number of anilines is 1. The molecule has 110 valence electrons. The number of amides is 2. The first-order chi connectivity index (χ1) is 9.79. The normalized spacial score (nSPS) is 10.5. The molecule has 5 nitrogen and oxygen atoms in total. The van der Waals surface area contributed by atoms with Crippen LogP contribution in [-0.4, -0.2) is 11.8 Å². The highest BCUT2D eigenvalue weighted by Gasteiger charge is 2.17. The molecular formula is C15H15FN2O3. The zero-order valence-corrected chi connectivity index (χ0v) is 11.9. The molecule has 6 heteroatoms. The number of primary amides is 1. The SMILES string of the molecule is Cc1cc(C(=O)Nc2cc(C(N)=O)cc(F)c2C)c(C)o1. The molecule has 0 spiro atoms. The van der Waals surface area contributed by atoms with Crippen molar-refractivity contribution in [3.63, 3.8) is 0 Å². The van der Waals surface area contributed by atoms with Crippen LogP contribution in [0.15, 0.2) is 22.6 Å². The fraction of sp³-hybridized carbons (Fsp3) is 0.200. The van der Waals surface area contributed by atoms with Crippen molar-refractivity contribution in [3.05, 3.63) is 52.2 Å². The topological polar surface area (TPSA) is 85.3 Å². The molecule has 0 unspecified atom stereocenters. The Morgan fingerprint density at radius 2 is 1.86 bits per heavy atom. The lowest BCUT2D eigenvalue weighted by molar-refractivity contribution is 0.0995. The maximum atomic E-state index is 13.8. The van der Waals surface area contributed by atoms with Gasteiger partial charge in [-0.05, 0) is 39.0 Å². The predicted molar refractivity (Wildman–Crippen MR) is 75.8 cm³/mol. The van der Waals surface area contributed by atoms with Gasteiger partial charge in [0.1, 0.15) is 17.3 Å². The minimum atomic E-state index is -0.764. The van der Waals surface area contributed by atoms with Gasteiger partial charge in [-0.15, -0.1) is 0 Å². The second kappa shape index (κ2) is 5.40. The first-order valence-electron chi connectivity index (χ1n) is 6.28. The van der Waals surface area contributed by atoms with Gasteiger partial charge in [-0.25, -0.2) is 4.39 Å². The van der Waals surface area contributed by atoms with Gasteiger partial charge in [0.25, 0.3) is 5.91 Å². The van der Waals surface area contributed by atoms with E-state index in [0.29, 0.717) is 17.1 Å². The number of halogens is 1. The molecule has 1 heterocycles. The summed E-state index contributed by atoms with van der Waals surface area (Å²) in [6, 6.07) is 3.98. The molecule has 0 aliphatic heterocycles. The number of hydrogen-bond acceptors (Lipinski definition) is 3. The quantitative estimate of drug-likeness (QED) is 0.911. The number of carbonyl (C=O) groups excluding carboxylic acids is 2. The maximum absolute atomic E-state index is 13.8. The average molecular weight is 290 g/mol. The van der Waals surface area contributed by atoms with Gasteiger partial charge in [-0.2, -0.15) is 0 Å². The fourth-order valence-corrected chi connectivity index (χ4v) is 2.00. The maximum Gasteiger partial charge on any atom is 0.259 e. The zero-order valence-electron chi connectivity index (χ0n) is 11.9. The molecule has 1 aromatic heterocycles. The summed E-state index contributed by atoms with van der Waals surface area (Å²) in [4.78, 5) is 23.3. The van der Waals surface area contributed by atoms with Crippen LogP contribution in [0.25, 0.3) is 0 Å². The largest absolute Gasteiger partial charge is 0.466 e. The molecule has 0 radical (unpaired) electrons. The van der Waals surface area contributed by atoms with Gasteiger partial charge in [0.05, 0.1) is 5.56 Å². The second-order valence-corrected chi connectivity index (χ2v) is 4.78. The number of rotatable bonds is 3. The van der Waals surface area contributed by atoms with Crippen LogP contribution >= 0.6 is 0 Å². The Hall–Kier alpha value is -2.63. The van der Waals surface area contributed by atoms with Crippen LogP contribution in [0.1, 0.15) is 37.8 Å². The van der Waals surface area contributed by atoms with Crippen LogP contribution < -0.4 is 11.1 Å². The Bertz CT molecular complexity index is 735. The zero-order chi connectivity index (χ0) is 15.7. The van der Waals surface area contributed by atoms with Gasteiger partial charge >= 0.3 is 0 Å². The average Bonchev–Trinajstić information content (AvgIpc) is 2.73. The Morgan fingerprint density at radius 3 is 2.38 bits per heavy atom. The second-order valence-electron chi connectivity index (χ2n) is 4.78. The van der Waals surface area contributed by atoms with Crippen molar-refractivity contribution < 1.29 is 18.4 Å². The third kappa shape index (κ3) is 2.94. The number of carbonyl (C=O) groups is 2. The van der Waals surface area contributed by atoms with Crippen molar-refractivity contribution in [1.29, 1.82) is 0 Å². The lowest BCUT2D eigenvalue weighted by atomic mass is 10.1. The first kappa shape index (κ1) is 14.8. The van der Waals surface area contributed by atoms with E-state index in [4.69, 9.17) is 10.2 Å². The number of hydrogen-bond donors (Lipinski definition) is 2. The molecule has 3 N–H and O–H groups in total. The number of nitrogens with two attached hydrogens (primary N) is 1. The Labute approximate surface area is 120 Å². The van der Waals surface area contributed by atoms with Crippen LogP contribution in [0, 0.1) is 26.6 Å². The molecule has 1 aromatic carbocycles. The summed E-state index contributed by atoms with van der Waals surface area (Å²) in [6.45, 7) is 4.89. The summed E-state index contributed by atoms with van der Waals surface area (Å²) in [6.07, 6.45) is 0. The molecule has 0 saturated heterocycles. The van der Waals surface area contributed by atoms with E-state index in [2.05, 4.69) is 5.32 Å². The fourth-order valence-electron chi connectivity index (χ4n) is 2.00. The summed E-state index contributed by atoms with van der Waals surface area (Å²) >= 11 is 0. The van der Waals surface area contributed by atoms with Crippen molar-refractivity contribution >= 4 is 17.5 Å². The molecule has 21 heavy (non-hydrogen) atoms. The monoisotopic (exact) mass is 290 g/mol. The van der Waals surface area contributed by atoms with Gasteiger partial charge in [0.15, 0.2) is 0 Å². The molecule has 0 aliphatic carbocycles. The van der Waals surface area contributed by atoms with E-state index < -0.39 is 17.6 Å². The third-order valence-corrected chi connectivity index (χ3v) is 3.16. The van der Waals surface area contributed by atoms with Gasteiger partial charge in [-0.1, -0.05) is 0 Å². The lowest BCUT2D eigenvalue weighted by Crippen LogP contribution is -2.16. The van der Waals surface area contributed by atoms with Crippen LogP contribution in [0.5, 0.6) is 0 Å². The van der Waals surface area contributed by atoms with Crippen LogP contribution in [0.4, 0.5) is 10.1 Å². The first-order valence-corrected chi connectivity index (χ1v) is 6.28. The predicted octanol–water partition coefficient (Wildman–Crippen LogP) is 2.70. The highest BCUT2D eigenvalue weighted by atomic mass is 19.1. The molecule has 0 aliphatic rings. The highest BCUT2D eigenvalue weighted by molar-refractivity contribution is 6.06. The van der Waals surface area contributed by atoms with Crippen molar-refractivity contribution in [3.8, 4) is 0 Å². The van der Waals surface area contributed by atoms with Crippen molar-refractivity contribution in [2.24, 2.45) is 5.73 Å². The summed E-state index contributed by atoms with van der Waals surface area (Å²) in [5.41, 5.74) is 5.92. The lowest BCUT2D eigenvalue weighted by Gasteiger charge is -2.10. The Morgan fingerprint density at radius 1 is 1.19 bits per heavy atom. The summed E-state index contributed by atoms with van der Waals surface area (Å²) in [5.74, 6) is -0.740. The summed E-state index contributed by atoms with van der Waals surface area (Å²) in [7, 11) is 0. The molecule has 0 saturated carbocycles. The van der Waals surface area contributed by atoms with Crippen molar-refractivity contribution in [1.82, 2.24) is 0 Å². The summed E-state index contributed by atoms with van der Waals surface area (Å²) in [5, 5.41) is 2.57. The van der Waals surface area contributed by atoms with E-state index in [0.717, 1.165) is 6.07 Å². The molecule has 0 fully saturated rings. The third-order valence-electron chi connectivity index (χ3n) is 3.16. The van der Waals surface area contributed by atoms with Crippen LogP contribution in [0.3, 0.4) is 0 Å². The number of nitrogens with one attached hydrogen (secondary N) is 1. The molecule has 2 amide bonds. The molecule has 2 aromatic rings. The Balaban J connectivity index is 2.37. The molecular weight excluding hydrogens is 275 g/mol.